The Morgan fingerprint density at radius 2 is 2.05 bits per heavy atom. The van der Waals surface area contributed by atoms with Crippen LogP contribution in [0.2, 0.25) is 0 Å². The molecule has 4 heteroatoms. The zero-order chi connectivity index (χ0) is 14.9. The van der Waals surface area contributed by atoms with E-state index in [1.807, 2.05) is 11.3 Å². The van der Waals surface area contributed by atoms with E-state index in [0.29, 0.717) is 5.91 Å². The number of nitrogens with zero attached hydrogens (tertiary/aromatic N) is 1. The molecular weight excluding hydrogens is 358 g/mol. The van der Waals surface area contributed by atoms with Crippen LogP contribution in [-0.2, 0) is 17.8 Å². The molecule has 5 aliphatic rings. The number of amides is 1. The number of thiophene rings is 1. The van der Waals surface area contributed by atoms with Crippen molar-refractivity contribution < 1.29 is 4.79 Å². The number of carbonyl (C=O) groups excluding carboxylic acids is 1. The van der Waals surface area contributed by atoms with Crippen molar-refractivity contribution in [3.8, 4) is 0 Å². The molecule has 0 saturated heterocycles. The number of fused-ring (bicyclic) bond motifs is 1. The van der Waals surface area contributed by atoms with E-state index in [2.05, 4.69) is 32.3 Å². The van der Waals surface area contributed by atoms with Crippen LogP contribution in [-0.4, -0.2) is 21.7 Å². The van der Waals surface area contributed by atoms with Gasteiger partial charge in [0, 0.05) is 22.3 Å². The Morgan fingerprint density at radius 3 is 2.77 bits per heavy atom. The zero-order valence-electron chi connectivity index (χ0n) is 12.8. The van der Waals surface area contributed by atoms with Gasteiger partial charge in [-0.3, -0.25) is 4.79 Å². The molecule has 22 heavy (non-hydrogen) atoms. The summed E-state index contributed by atoms with van der Waals surface area (Å²) in [5.41, 5.74) is 1.35. The molecule has 1 aromatic heterocycles. The number of carbonyl (C=O) groups is 1. The summed E-state index contributed by atoms with van der Waals surface area (Å²) < 4.78 is 0.274. The number of hydrogen-bond donors (Lipinski definition) is 0. The third-order valence-corrected chi connectivity index (χ3v) is 8.49. The summed E-state index contributed by atoms with van der Waals surface area (Å²) in [7, 11) is 0. The van der Waals surface area contributed by atoms with E-state index in [1.165, 1.54) is 29.7 Å². The van der Waals surface area contributed by atoms with Crippen molar-refractivity contribution in [3.05, 3.63) is 21.9 Å². The monoisotopic (exact) mass is 379 g/mol. The standard InChI is InChI=1S/C18H22BrNOS/c19-18-8-12-5-13(9-18)7-17(6-12,11-18)16(21)20-3-1-15-14(10-20)2-4-22-15/h2,4,12-13H,1,3,5-11H2. The lowest BCUT2D eigenvalue weighted by Crippen LogP contribution is -2.59. The van der Waals surface area contributed by atoms with Gasteiger partial charge in [0.05, 0.1) is 5.41 Å². The third kappa shape index (κ3) is 1.99. The molecule has 0 spiro atoms. The predicted octanol–water partition coefficient (Wildman–Crippen LogP) is 4.37. The van der Waals surface area contributed by atoms with E-state index in [-0.39, 0.29) is 9.74 Å². The van der Waals surface area contributed by atoms with Crippen LogP contribution in [0.1, 0.15) is 49.0 Å². The second-order valence-corrected chi connectivity index (χ2v) is 10.9. The zero-order valence-corrected chi connectivity index (χ0v) is 15.2. The van der Waals surface area contributed by atoms with Gasteiger partial charge in [0.2, 0.25) is 5.91 Å². The molecule has 2 unspecified atom stereocenters. The Balaban J connectivity index is 1.44. The Bertz CT molecular complexity index is 625. The highest BCUT2D eigenvalue weighted by molar-refractivity contribution is 9.10. The number of rotatable bonds is 1. The first-order chi connectivity index (χ1) is 10.6. The van der Waals surface area contributed by atoms with Gasteiger partial charge in [-0.1, -0.05) is 15.9 Å². The summed E-state index contributed by atoms with van der Waals surface area (Å²) in [6.45, 7) is 1.78. The van der Waals surface area contributed by atoms with Crippen molar-refractivity contribution in [1.82, 2.24) is 4.90 Å². The van der Waals surface area contributed by atoms with Crippen LogP contribution in [0.15, 0.2) is 11.4 Å². The molecule has 0 N–H and O–H groups in total. The summed E-state index contributed by atoms with van der Waals surface area (Å²) in [4.78, 5) is 17.1. The molecule has 2 nitrogen and oxygen atoms in total. The van der Waals surface area contributed by atoms with Crippen molar-refractivity contribution in [2.24, 2.45) is 17.3 Å². The topological polar surface area (TPSA) is 20.3 Å². The second-order valence-electron chi connectivity index (χ2n) is 8.24. The normalized spacial score (nSPS) is 42.5. The molecule has 2 atom stereocenters. The van der Waals surface area contributed by atoms with Crippen molar-refractivity contribution in [2.75, 3.05) is 6.54 Å². The largest absolute Gasteiger partial charge is 0.337 e. The number of halogens is 1. The minimum Gasteiger partial charge on any atom is -0.337 e. The molecule has 4 fully saturated rings. The Hall–Kier alpha value is -0.350. The van der Waals surface area contributed by atoms with E-state index >= 15 is 0 Å². The summed E-state index contributed by atoms with van der Waals surface area (Å²) in [5, 5.41) is 2.18. The number of hydrogen-bond acceptors (Lipinski definition) is 2. The van der Waals surface area contributed by atoms with E-state index in [9.17, 15) is 4.79 Å². The molecule has 4 bridgehead atoms. The summed E-state index contributed by atoms with van der Waals surface area (Å²) in [5.74, 6) is 2.04. The summed E-state index contributed by atoms with van der Waals surface area (Å²) in [6.07, 6.45) is 8.42. The highest BCUT2D eigenvalue weighted by Crippen LogP contribution is 2.64. The molecule has 6 rings (SSSR count). The lowest BCUT2D eigenvalue weighted by Gasteiger charge is -2.60. The maximum Gasteiger partial charge on any atom is 0.229 e. The van der Waals surface area contributed by atoms with Gasteiger partial charge in [-0.15, -0.1) is 11.3 Å². The Morgan fingerprint density at radius 1 is 1.27 bits per heavy atom. The van der Waals surface area contributed by atoms with Gasteiger partial charge in [0.1, 0.15) is 0 Å². The number of alkyl halides is 1. The van der Waals surface area contributed by atoms with Crippen LogP contribution in [0.5, 0.6) is 0 Å². The molecule has 1 aromatic rings. The highest BCUT2D eigenvalue weighted by Gasteiger charge is 2.60. The lowest BCUT2D eigenvalue weighted by atomic mass is 9.49. The van der Waals surface area contributed by atoms with Crippen molar-refractivity contribution in [3.63, 3.8) is 0 Å². The predicted molar refractivity (Wildman–Crippen MR) is 92.2 cm³/mol. The first-order valence-corrected chi connectivity index (χ1v) is 10.3. The van der Waals surface area contributed by atoms with Crippen molar-refractivity contribution >= 4 is 33.2 Å². The molecule has 1 amide bonds. The van der Waals surface area contributed by atoms with Crippen LogP contribution >= 0.6 is 27.3 Å². The van der Waals surface area contributed by atoms with Crippen LogP contribution in [0.4, 0.5) is 0 Å². The quantitative estimate of drug-likeness (QED) is 0.663. The van der Waals surface area contributed by atoms with Crippen LogP contribution in [0.3, 0.4) is 0 Å². The summed E-state index contributed by atoms with van der Waals surface area (Å²) >= 11 is 5.89. The van der Waals surface area contributed by atoms with E-state index in [4.69, 9.17) is 0 Å². The van der Waals surface area contributed by atoms with Crippen LogP contribution in [0, 0.1) is 17.3 Å². The molecule has 2 heterocycles. The fourth-order valence-corrected chi connectivity index (χ4v) is 8.50. The average molecular weight is 380 g/mol. The molecule has 0 radical (unpaired) electrons. The lowest BCUT2D eigenvalue weighted by molar-refractivity contribution is -0.156. The maximum atomic E-state index is 13.4. The van der Waals surface area contributed by atoms with Crippen LogP contribution < -0.4 is 0 Å². The van der Waals surface area contributed by atoms with Gasteiger partial charge >= 0.3 is 0 Å². The van der Waals surface area contributed by atoms with Gasteiger partial charge in [-0.25, -0.2) is 0 Å². The van der Waals surface area contributed by atoms with Gasteiger partial charge in [-0.05, 0) is 73.8 Å². The first-order valence-electron chi connectivity index (χ1n) is 8.59. The molecule has 4 aliphatic carbocycles. The minimum absolute atomic E-state index is 0.0406. The van der Waals surface area contributed by atoms with Gasteiger partial charge < -0.3 is 4.90 Å². The molecular formula is C18H22BrNOS. The smallest absolute Gasteiger partial charge is 0.229 e. The van der Waals surface area contributed by atoms with Gasteiger partial charge in [0.25, 0.3) is 0 Å². The third-order valence-electron chi connectivity index (χ3n) is 6.54. The average Bonchev–Trinajstić information content (AvgIpc) is 2.91. The van der Waals surface area contributed by atoms with Gasteiger partial charge in [0.15, 0.2) is 0 Å². The Labute approximate surface area is 144 Å². The summed E-state index contributed by atoms with van der Waals surface area (Å²) in [6, 6.07) is 2.21. The molecule has 0 aromatic carbocycles. The molecule has 118 valence electrons. The fourth-order valence-electron chi connectivity index (χ4n) is 6.16. The highest BCUT2D eigenvalue weighted by atomic mass is 79.9. The van der Waals surface area contributed by atoms with Crippen molar-refractivity contribution in [2.45, 2.75) is 55.8 Å². The Kier molecular flexibility index (Phi) is 2.93. The SMILES string of the molecule is O=C(N1CCc2sccc2C1)C12CC3CC(CC(Br)(C3)C1)C2. The van der Waals surface area contributed by atoms with E-state index in [0.717, 1.165) is 50.6 Å². The fraction of sp³-hybridized carbons (Fsp3) is 0.722. The van der Waals surface area contributed by atoms with E-state index in [1.54, 1.807) is 0 Å². The van der Waals surface area contributed by atoms with Crippen molar-refractivity contribution in [1.29, 1.82) is 0 Å². The van der Waals surface area contributed by atoms with E-state index < -0.39 is 0 Å². The van der Waals surface area contributed by atoms with Crippen LogP contribution in [0.25, 0.3) is 0 Å². The second kappa shape index (κ2) is 4.60. The maximum absolute atomic E-state index is 13.4. The molecule has 1 aliphatic heterocycles. The molecule has 4 saturated carbocycles. The van der Waals surface area contributed by atoms with Gasteiger partial charge in [-0.2, -0.15) is 0 Å². The first kappa shape index (κ1) is 14.0. The minimum atomic E-state index is -0.0406.